The van der Waals surface area contributed by atoms with Gasteiger partial charge in [-0.15, -0.1) is 0 Å². The molecule has 0 radical (unpaired) electrons. The third-order valence-electron chi connectivity index (χ3n) is 5.06. The number of carbonyl (C=O) groups is 2. The summed E-state index contributed by atoms with van der Waals surface area (Å²) in [6.45, 7) is 3.25. The van der Waals surface area contributed by atoms with Crippen LogP contribution in [0.3, 0.4) is 0 Å². The highest BCUT2D eigenvalue weighted by atomic mass is 127. The number of amides is 1. The molecular formula is C25H23I2N5O5S. The first-order valence-corrected chi connectivity index (χ1v) is 13.8. The van der Waals surface area contributed by atoms with Crippen molar-refractivity contribution in [1.82, 2.24) is 16.1 Å². The highest BCUT2D eigenvalue weighted by Crippen LogP contribution is 2.33. The quantitative estimate of drug-likeness (QED) is 0.109. The third kappa shape index (κ3) is 7.77. The molecule has 1 amide bonds. The van der Waals surface area contributed by atoms with E-state index in [9.17, 15) is 9.59 Å². The number of rotatable bonds is 10. The lowest BCUT2D eigenvalue weighted by Crippen LogP contribution is -2.45. The Hall–Kier alpha value is -2.97. The number of benzene rings is 2. The van der Waals surface area contributed by atoms with Crippen molar-refractivity contribution in [2.24, 2.45) is 5.10 Å². The predicted molar refractivity (Wildman–Crippen MR) is 162 cm³/mol. The summed E-state index contributed by atoms with van der Waals surface area (Å²) >= 11 is 9.57. The van der Waals surface area contributed by atoms with E-state index in [1.54, 1.807) is 38.1 Å². The predicted octanol–water partition coefficient (Wildman–Crippen LogP) is 3.68. The summed E-state index contributed by atoms with van der Waals surface area (Å²) in [5.41, 5.74) is 4.60. The summed E-state index contributed by atoms with van der Waals surface area (Å²) in [5.74, 6) is -0.0867. The number of allylic oxidation sites excluding steroid dienone is 1. The van der Waals surface area contributed by atoms with Crippen molar-refractivity contribution in [2.45, 2.75) is 19.9 Å². The van der Waals surface area contributed by atoms with E-state index in [1.807, 2.05) is 18.2 Å². The normalized spacial score (nSPS) is 14.8. The molecule has 0 saturated carbocycles. The Morgan fingerprint density at radius 3 is 2.76 bits per heavy atom. The van der Waals surface area contributed by atoms with Crippen molar-refractivity contribution in [2.75, 3.05) is 19.8 Å². The molecule has 10 nitrogen and oxygen atoms in total. The van der Waals surface area contributed by atoms with Gasteiger partial charge in [-0.1, -0.05) is 18.2 Å². The zero-order valence-electron chi connectivity index (χ0n) is 20.3. The van der Waals surface area contributed by atoms with Crippen molar-refractivity contribution in [3.63, 3.8) is 0 Å². The molecule has 198 valence electrons. The molecule has 1 heterocycles. The van der Waals surface area contributed by atoms with Gasteiger partial charge in [0.05, 0.1) is 28.0 Å². The number of carbonyl (C=O) groups excluding carboxylic acids is 2. The second-order valence-corrected chi connectivity index (χ2v) is 10.5. The minimum atomic E-state index is -0.630. The van der Waals surface area contributed by atoms with Crippen molar-refractivity contribution in [3.05, 3.63) is 65.9 Å². The van der Waals surface area contributed by atoms with Crippen molar-refractivity contribution in [3.8, 4) is 17.6 Å². The van der Waals surface area contributed by atoms with Gasteiger partial charge in [-0.25, -0.2) is 10.2 Å². The molecule has 0 bridgehead atoms. The third-order valence-corrected chi connectivity index (χ3v) is 6.71. The van der Waals surface area contributed by atoms with E-state index >= 15 is 0 Å². The van der Waals surface area contributed by atoms with Crippen LogP contribution in [-0.2, 0) is 14.3 Å². The van der Waals surface area contributed by atoms with Crippen LogP contribution in [0.1, 0.15) is 31.0 Å². The first-order valence-electron chi connectivity index (χ1n) is 11.2. The number of para-hydroxylation sites is 1. The number of hydrogen-bond acceptors (Lipinski definition) is 8. The number of hydrogen-bond donors (Lipinski definition) is 3. The number of thiocarbonyl (C=S) groups is 1. The number of halogens is 2. The Balaban J connectivity index is 1.73. The van der Waals surface area contributed by atoms with Crippen LogP contribution in [0, 0.1) is 18.5 Å². The SMILES string of the molecule is CCOC(=O)C1=C(C)NC(=S)N[C@H]1c1ccccc1OCC(=O)NN=Cc1cc(I)cc(I)c1OCC#N. The van der Waals surface area contributed by atoms with E-state index < -0.39 is 17.9 Å². The Labute approximate surface area is 252 Å². The maximum Gasteiger partial charge on any atom is 0.338 e. The first kappa shape index (κ1) is 29.6. The molecule has 1 aliphatic heterocycles. The Morgan fingerprint density at radius 2 is 2.03 bits per heavy atom. The van der Waals surface area contributed by atoms with Gasteiger partial charge in [0.25, 0.3) is 5.91 Å². The molecule has 3 N–H and O–H groups in total. The first-order chi connectivity index (χ1) is 18.2. The van der Waals surface area contributed by atoms with E-state index in [0.717, 1.165) is 7.14 Å². The number of hydrazone groups is 1. The van der Waals surface area contributed by atoms with Crippen molar-refractivity contribution in [1.29, 1.82) is 5.26 Å². The maximum atomic E-state index is 12.7. The fourth-order valence-electron chi connectivity index (χ4n) is 3.54. The largest absolute Gasteiger partial charge is 0.483 e. The topological polar surface area (TPSA) is 134 Å². The van der Waals surface area contributed by atoms with E-state index in [2.05, 4.69) is 66.3 Å². The second-order valence-electron chi connectivity index (χ2n) is 7.66. The standard InChI is InChI=1S/C25H23I2N5O5S/c1-3-35-24(34)21-14(2)30-25(38)31-22(21)17-6-4-5-7-19(17)37-13-20(33)32-29-12-15-10-16(26)11-18(27)23(15)36-9-8-28/h4-7,10-12,22H,3,9,13H2,1-2H3,(H,32,33)(H2,30,31,38)/t22-/m0/s1. The molecule has 2 aromatic carbocycles. The fourth-order valence-corrected chi connectivity index (χ4v) is 5.86. The minimum Gasteiger partial charge on any atom is -0.483 e. The van der Waals surface area contributed by atoms with Crippen LogP contribution in [0.5, 0.6) is 11.5 Å². The number of esters is 1. The van der Waals surface area contributed by atoms with Crippen LogP contribution in [0.4, 0.5) is 0 Å². The molecule has 38 heavy (non-hydrogen) atoms. The average Bonchev–Trinajstić information content (AvgIpc) is 2.86. The molecule has 1 atom stereocenters. The lowest BCUT2D eigenvalue weighted by Gasteiger charge is -2.30. The molecule has 1 aliphatic rings. The van der Waals surface area contributed by atoms with Crippen LogP contribution >= 0.6 is 57.4 Å². The van der Waals surface area contributed by atoms with Crippen LogP contribution in [0.2, 0.25) is 0 Å². The molecule has 3 rings (SSSR count). The van der Waals surface area contributed by atoms with E-state index in [4.69, 9.17) is 31.7 Å². The number of nitriles is 1. The van der Waals surface area contributed by atoms with Gasteiger partial charge in [-0.3, -0.25) is 4.79 Å². The molecule has 0 fully saturated rings. The van der Waals surface area contributed by atoms with Crippen LogP contribution < -0.4 is 25.5 Å². The van der Waals surface area contributed by atoms with E-state index in [-0.39, 0.29) is 19.8 Å². The second kappa shape index (κ2) is 14.3. The van der Waals surface area contributed by atoms with Gasteiger partial charge < -0.3 is 24.8 Å². The van der Waals surface area contributed by atoms with Gasteiger partial charge in [0.15, 0.2) is 18.3 Å². The van der Waals surface area contributed by atoms with Gasteiger partial charge in [0.1, 0.15) is 17.6 Å². The Kier molecular flexibility index (Phi) is 11.1. The number of nitrogens with zero attached hydrogens (tertiary/aromatic N) is 2. The summed E-state index contributed by atoms with van der Waals surface area (Å²) in [7, 11) is 0. The van der Waals surface area contributed by atoms with Gasteiger partial charge in [-0.2, -0.15) is 10.4 Å². The number of nitrogens with one attached hydrogen (secondary N) is 3. The van der Waals surface area contributed by atoms with Crippen LogP contribution in [0.25, 0.3) is 0 Å². The average molecular weight is 759 g/mol. The molecule has 13 heteroatoms. The summed E-state index contributed by atoms with van der Waals surface area (Å²) in [6.07, 6.45) is 1.45. The summed E-state index contributed by atoms with van der Waals surface area (Å²) in [6, 6.07) is 12.1. The van der Waals surface area contributed by atoms with Crippen molar-refractivity contribution < 1.29 is 23.8 Å². The molecule has 0 aromatic heterocycles. The van der Waals surface area contributed by atoms with Gasteiger partial charge in [0, 0.05) is 20.4 Å². The zero-order chi connectivity index (χ0) is 27.7. The van der Waals surface area contributed by atoms with Gasteiger partial charge >= 0.3 is 5.97 Å². The molecule has 0 spiro atoms. The Bertz CT molecular complexity index is 1340. The van der Waals surface area contributed by atoms with Gasteiger partial charge in [0.2, 0.25) is 0 Å². The number of ether oxygens (including phenoxy) is 3. The molecule has 0 aliphatic carbocycles. The lowest BCUT2D eigenvalue weighted by atomic mass is 9.95. The van der Waals surface area contributed by atoms with Crippen molar-refractivity contribution >= 4 is 80.6 Å². The highest BCUT2D eigenvalue weighted by Gasteiger charge is 2.32. The summed E-state index contributed by atoms with van der Waals surface area (Å²) in [5, 5.41) is 19.2. The van der Waals surface area contributed by atoms with Crippen LogP contribution in [-0.4, -0.2) is 43.0 Å². The molecule has 0 unspecified atom stereocenters. The lowest BCUT2D eigenvalue weighted by molar-refractivity contribution is -0.139. The highest BCUT2D eigenvalue weighted by molar-refractivity contribution is 14.1. The smallest absolute Gasteiger partial charge is 0.338 e. The van der Waals surface area contributed by atoms with E-state index in [0.29, 0.717) is 39.0 Å². The molecular weight excluding hydrogens is 736 g/mol. The molecule has 0 saturated heterocycles. The zero-order valence-corrected chi connectivity index (χ0v) is 25.5. The summed E-state index contributed by atoms with van der Waals surface area (Å²) < 4.78 is 18.3. The van der Waals surface area contributed by atoms with E-state index in [1.165, 1.54) is 6.21 Å². The monoisotopic (exact) mass is 759 g/mol. The van der Waals surface area contributed by atoms with Gasteiger partial charge in [-0.05, 0) is 89.4 Å². The Morgan fingerprint density at radius 1 is 1.26 bits per heavy atom. The van der Waals surface area contributed by atoms with Crippen LogP contribution in [0.15, 0.2) is 52.8 Å². The fraction of sp³-hybridized carbons (Fsp3) is 0.240. The maximum absolute atomic E-state index is 12.7. The molecule has 2 aromatic rings. The minimum absolute atomic E-state index is 0.111. The summed E-state index contributed by atoms with van der Waals surface area (Å²) in [4.78, 5) is 25.2.